The number of benzene rings is 2. The van der Waals surface area contributed by atoms with Gasteiger partial charge in [-0.15, -0.1) is 0 Å². The van der Waals surface area contributed by atoms with Gasteiger partial charge >= 0.3 is 0 Å². The molecule has 0 aliphatic rings. The number of anilines is 1. The first-order chi connectivity index (χ1) is 14.1. The van der Waals surface area contributed by atoms with E-state index in [9.17, 15) is 14.4 Å². The molecular weight excluding hydrogens is 366 g/mol. The van der Waals surface area contributed by atoms with Crippen molar-refractivity contribution in [3.8, 4) is 0 Å². The van der Waals surface area contributed by atoms with Gasteiger partial charge in [-0.25, -0.2) is 0 Å². The van der Waals surface area contributed by atoms with Gasteiger partial charge in [-0.05, 0) is 41.5 Å². The molecule has 0 radical (unpaired) electrons. The maximum atomic E-state index is 12.8. The Bertz CT molecular complexity index is 1100. The topological polar surface area (TPSA) is 80.2 Å². The molecule has 3 rings (SSSR count). The minimum Gasteiger partial charge on any atom is -0.348 e. The van der Waals surface area contributed by atoms with Gasteiger partial charge < -0.3 is 15.2 Å². The van der Waals surface area contributed by atoms with Gasteiger partial charge in [0.05, 0.1) is 6.54 Å². The standard InChI is InChI=1S/C23H21N3O3/c1-2-21(27)24-15-18-9-3-4-11-20(18)23(29)25-19-10-7-8-17(14-19)16-26-13-6-5-12-22(26)28/h2-14H,1,15-16H2,(H,24,27)(H,25,29). The molecule has 0 saturated heterocycles. The molecule has 1 aromatic heterocycles. The van der Waals surface area contributed by atoms with Crippen LogP contribution in [0.2, 0.25) is 0 Å². The summed E-state index contributed by atoms with van der Waals surface area (Å²) >= 11 is 0. The first-order valence-corrected chi connectivity index (χ1v) is 9.11. The van der Waals surface area contributed by atoms with Crippen LogP contribution in [0.1, 0.15) is 21.5 Å². The van der Waals surface area contributed by atoms with Crippen molar-refractivity contribution in [2.24, 2.45) is 0 Å². The van der Waals surface area contributed by atoms with E-state index in [0.29, 0.717) is 23.4 Å². The lowest BCUT2D eigenvalue weighted by Gasteiger charge is -2.12. The molecule has 0 bridgehead atoms. The van der Waals surface area contributed by atoms with E-state index in [1.807, 2.05) is 24.3 Å². The molecule has 146 valence electrons. The van der Waals surface area contributed by atoms with Gasteiger partial charge in [0.15, 0.2) is 0 Å². The van der Waals surface area contributed by atoms with E-state index in [1.54, 1.807) is 47.2 Å². The van der Waals surface area contributed by atoms with Crippen molar-refractivity contribution in [2.75, 3.05) is 5.32 Å². The summed E-state index contributed by atoms with van der Waals surface area (Å²) < 4.78 is 1.60. The van der Waals surface area contributed by atoms with E-state index >= 15 is 0 Å². The quantitative estimate of drug-likeness (QED) is 0.612. The van der Waals surface area contributed by atoms with Crippen LogP contribution in [0.5, 0.6) is 0 Å². The molecule has 6 heteroatoms. The smallest absolute Gasteiger partial charge is 0.256 e. The Labute approximate surface area is 168 Å². The summed E-state index contributed by atoms with van der Waals surface area (Å²) in [5, 5.41) is 5.56. The van der Waals surface area contributed by atoms with E-state index in [1.165, 1.54) is 12.1 Å². The lowest BCUT2D eigenvalue weighted by Crippen LogP contribution is -2.23. The second-order valence-corrected chi connectivity index (χ2v) is 6.40. The Kier molecular flexibility index (Phi) is 6.37. The van der Waals surface area contributed by atoms with Gasteiger partial charge in [-0.3, -0.25) is 14.4 Å². The number of pyridine rings is 1. The van der Waals surface area contributed by atoms with Crippen LogP contribution >= 0.6 is 0 Å². The van der Waals surface area contributed by atoms with Gasteiger partial charge in [-0.1, -0.05) is 43.0 Å². The summed E-state index contributed by atoms with van der Waals surface area (Å²) in [6.45, 7) is 4.06. The fraction of sp³-hybridized carbons (Fsp3) is 0.0870. The Morgan fingerprint density at radius 1 is 1.00 bits per heavy atom. The molecule has 0 aliphatic heterocycles. The predicted molar refractivity (Wildman–Crippen MR) is 113 cm³/mol. The third-order valence-electron chi connectivity index (χ3n) is 4.34. The molecule has 29 heavy (non-hydrogen) atoms. The number of nitrogens with zero attached hydrogens (tertiary/aromatic N) is 1. The highest BCUT2D eigenvalue weighted by Crippen LogP contribution is 2.15. The van der Waals surface area contributed by atoms with Gasteiger partial charge in [0.1, 0.15) is 0 Å². The molecule has 0 fully saturated rings. The molecule has 3 aromatic rings. The third kappa shape index (κ3) is 5.29. The summed E-state index contributed by atoms with van der Waals surface area (Å²) in [5.41, 5.74) is 2.61. The van der Waals surface area contributed by atoms with Crippen LogP contribution in [0, 0.1) is 0 Å². The Morgan fingerprint density at radius 2 is 1.79 bits per heavy atom. The van der Waals surface area contributed by atoms with Crippen molar-refractivity contribution in [1.29, 1.82) is 0 Å². The highest BCUT2D eigenvalue weighted by atomic mass is 16.2. The van der Waals surface area contributed by atoms with E-state index in [-0.39, 0.29) is 23.9 Å². The van der Waals surface area contributed by atoms with Crippen LogP contribution in [-0.4, -0.2) is 16.4 Å². The summed E-state index contributed by atoms with van der Waals surface area (Å²) in [6, 6.07) is 19.4. The minimum absolute atomic E-state index is 0.0857. The number of aromatic nitrogens is 1. The van der Waals surface area contributed by atoms with Crippen molar-refractivity contribution in [3.63, 3.8) is 0 Å². The molecule has 0 unspecified atom stereocenters. The largest absolute Gasteiger partial charge is 0.348 e. The van der Waals surface area contributed by atoms with E-state index in [4.69, 9.17) is 0 Å². The van der Waals surface area contributed by atoms with Crippen LogP contribution in [-0.2, 0) is 17.9 Å². The molecule has 2 aromatic carbocycles. The third-order valence-corrected chi connectivity index (χ3v) is 4.34. The van der Waals surface area contributed by atoms with Crippen LogP contribution in [0.15, 0.2) is 90.4 Å². The van der Waals surface area contributed by atoms with E-state index in [0.717, 1.165) is 5.56 Å². The molecule has 0 spiro atoms. The number of nitrogens with one attached hydrogen (secondary N) is 2. The predicted octanol–water partition coefficient (Wildman–Crippen LogP) is 2.95. The zero-order valence-electron chi connectivity index (χ0n) is 15.8. The first-order valence-electron chi connectivity index (χ1n) is 9.11. The van der Waals surface area contributed by atoms with Gasteiger partial charge in [0.2, 0.25) is 5.91 Å². The molecule has 2 amide bonds. The summed E-state index contributed by atoms with van der Waals surface area (Å²) in [5.74, 6) is -0.577. The fourth-order valence-corrected chi connectivity index (χ4v) is 2.88. The summed E-state index contributed by atoms with van der Waals surface area (Å²) in [4.78, 5) is 36.1. The monoisotopic (exact) mass is 387 g/mol. The zero-order chi connectivity index (χ0) is 20.6. The van der Waals surface area contributed by atoms with Crippen molar-refractivity contribution in [1.82, 2.24) is 9.88 Å². The SMILES string of the molecule is C=CC(=O)NCc1ccccc1C(=O)Nc1cccc(Cn2ccccc2=O)c1. The van der Waals surface area contributed by atoms with Crippen LogP contribution in [0.3, 0.4) is 0 Å². The number of amides is 2. The Hall–Kier alpha value is -3.93. The highest BCUT2D eigenvalue weighted by Gasteiger charge is 2.12. The first kappa shape index (κ1) is 19.8. The molecular formula is C23H21N3O3. The van der Waals surface area contributed by atoms with Gasteiger partial charge in [-0.2, -0.15) is 0 Å². The van der Waals surface area contributed by atoms with Crippen LogP contribution in [0.4, 0.5) is 5.69 Å². The zero-order valence-corrected chi connectivity index (χ0v) is 15.8. The van der Waals surface area contributed by atoms with Crippen LogP contribution in [0.25, 0.3) is 0 Å². The number of carbonyl (C=O) groups excluding carboxylic acids is 2. The lowest BCUT2D eigenvalue weighted by molar-refractivity contribution is -0.116. The Morgan fingerprint density at radius 3 is 2.59 bits per heavy atom. The summed E-state index contributed by atoms with van der Waals surface area (Å²) in [7, 11) is 0. The van der Waals surface area contributed by atoms with Crippen molar-refractivity contribution >= 4 is 17.5 Å². The molecule has 2 N–H and O–H groups in total. The maximum absolute atomic E-state index is 12.8. The molecule has 1 heterocycles. The Balaban J connectivity index is 1.75. The van der Waals surface area contributed by atoms with Gasteiger partial charge in [0, 0.05) is 30.1 Å². The van der Waals surface area contributed by atoms with E-state index < -0.39 is 0 Å². The second-order valence-electron chi connectivity index (χ2n) is 6.40. The average molecular weight is 387 g/mol. The summed E-state index contributed by atoms with van der Waals surface area (Å²) in [6.07, 6.45) is 2.91. The van der Waals surface area contributed by atoms with E-state index in [2.05, 4.69) is 17.2 Å². The molecule has 6 nitrogen and oxygen atoms in total. The lowest BCUT2D eigenvalue weighted by atomic mass is 10.1. The number of hydrogen-bond donors (Lipinski definition) is 2. The number of hydrogen-bond acceptors (Lipinski definition) is 3. The molecule has 0 atom stereocenters. The van der Waals surface area contributed by atoms with Gasteiger partial charge in [0.25, 0.3) is 11.5 Å². The normalized spacial score (nSPS) is 10.2. The highest BCUT2D eigenvalue weighted by molar-refractivity contribution is 6.05. The number of rotatable bonds is 7. The van der Waals surface area contributed by atoms with Crippen molar-refractivity contribution in [3.05, 3.63) is 113 Å². The average Bonchev–Trinajstić information content (AvgIpc) is 2.74. The molecule has 0 saturated carbocycles. The fourth-order valence-electron chi connectivity index (χ4n) is 2.88. The molecule has 0 aliphatic carbocycles. The van der Waals surface area contributed by atoms with Crippen molar-refractivity contribution < 1.29 is 9.59 Å². The van der Waals surface area contributed by atoms with Crippen molar-refractivity contribution in [2.45, 2.75) is 13.1 Å². The minimum atomic E-state index is -0.302. The second kappa shape index (κ2) is 9.32. The maximum Gasteiger partial charge on any atom is 0.256 e. The number of carbonyl (C=O) groups is 2. The van der Waals surface area contributed by atoms with Crippen LogP contribution < -0.4 is 16.2 Å².